The topological polar surface area (TPSA) is 40.5 Å². The standard InChI is InChI=1S/C9H17NO2.Re/c1-7(2)8-3-5-10(6-4-8)9(11)12;/h7-8H,3-6H2,1-2H3,(H,11,12);. The fraction of sp³-hybridized carbons (Fsp3) is 0.889. The van der Waals surface area contributed by atoms with Gasteiger partial charge in [0.25, 0.3) is 0 Å². The van der Waals surface area contributed by atoms with E-state index < -0.39 is 6.09 Å². The van der Waals surface area contributed by atoms with Crippen molar-refractivity contribution in [1.29, 1.82) is 0 Å². The summed E-state index contributed by atoms with van der Waals surface area (Å²) < 4.78 is 0. The number of hydrogen-bond donors (Lipinski definition) is 1. The number of rotatable bonds is 1. The van der Waals surface area contributed by atoms with Crippen molar-refractivity contribution in [3.05, 3.63) is 0 Å². The summed E-state index contributed by atoms with van der Waals surface area (Å²) in [5.41, 5.74) is 0. The van der Waals surface area contributed by atoms with Gasteiger partial charge in [-0.1, -0.05) is 13.8 Å². The van der Waals surface area contributed by atoms with Gasteiger partial charge in [0.2, 0.25) is 0 Å². The number of likely N-dealkylation sites (tertiary alicyclic amines) is 1. The molecule has 3 nitrogen and oxygen atoms in total. The van der Waals surface area contributed by atoms with Crippen LogP contribution >= 0.6 is 0 Å². The van der Waals surface area contributed by atoms with Gasteiger partial charge in [-0.15, -0.1) is 0 Å². The van der Waals surface area contributed by atoms with Crippen molar-refractivity contribution in [2.75, 3.05) is 13.1 Å². The van der Waals surface area contributed by atoms with Crippen molar-refractivity contribution in [3.8, 4) is 0 Å². The Hall–Kier alpha value is -0.0677. The Balaban J connectivity index is 0.00000144. The summed E-state index contributed by atoms with van der Waals surface area (Å²) in [6, 6.07) is 0. The number of hydrogen-bond acceptors (Lipinski definition) is 1. The molecule has 1 fully saturated rings. The minimum absolute atomic E-state index is 0. The number of piperidine rings is 1. The van der Waals surface area contributed by atoms with E-state index >= 15 is 0 Å². The van der Waals surface area contributed by atoms with Crippen molar-refractivity contribution < 1.29 is 30.3 Å². The van der Waals surface area contributed by atoms with Gasteiger partial charge in [0.1, 0.15) is 0 Å². The van der Waals surface area contributed by atoms with Gasteiger partial charge in [-0.25, -0.2) is 4.79 Å². The van der Waals surface area contributed by atoms with Crippen LogP contribution in [0, 0.1) is 11.8 Å². The summed E-state index contributed by atoms with van der Waals surface area (Å²) in [7, 11) is 0. The molecular weight excluding hydrogens is 340 g/mol. The maximum atomic E-state index is 10.6. The van der Waals surface area contributed by atoms with Crippen LogP contribution in [-0.4, -0.2) is 29.2 Å². The first-order chi connectivity index (χ1) is 5.61. The molecule has 0 aromatic carbocycles. The molecule has 77 valence electrons. The van der Waals surface area contributed by atoms with Crippen LogP contribution in [0.1, 0.15) is 26.7 Å². The van der Waals surface area contributed by atoms with E-state index in [1.165, 1.54) is 4.90 Å². The molecule has 1 saturated heterocycles. The second-order valence-corrected chi connectivity index (χ2v) is 3.85. The second-order valence-electron chi connectivity index (χ2n) is 3.85. The van der Waals surface area contributed by atoms with Gasteiger partial charge in [-0.3, -0.25) is 0 Å². The minimum Gasteiger partial charge on any atom is -0.465 e. The first-order valence-corrected chi connectivity index (χ1v) is 4.59. The molecule has 1 amide bonds. The Morgan fingerprint density at radius 1 is 1.38 bits per heavy atom. The molecule has 0 atom stereocenters. The molecule has 1 rings (SSSR count). The Labute approximate surface area is 93.1 Å². The van der Waals surface area contributed by atoms with E-state index in [2.05, 4.69) is 13.8 Å². The normalized spacial score (nSPS) is 18.5. The molecule has 13 heavy (non-hydrogen) atoms. The van der Waals surface area contributed by atoms with Gasteiger partial charge in [0.15, 0.2) is 0 Å². The smallest absolute Gasteiger partial charge is 0.407 e. The fourth-order valence-electron chi connectivity index (χ4n) is 1.76. The van der Waals surface area contributed by atoms with Gasteiger partial charge < -0.3 is 10.0 Å². The summed E-state index contributed by atoms with van der Waals surface area (Å²) in [6.07, 6.45) is 1.30. The molecule has 0 bridgehead atoms. The van der Waals surface area contributed by atoms with Gasteiger partial charge in [0.05, 0.1) is 0 Å². The number of amides is 1. The quantitative estimate of drug-likeness (QED) is 0.780. The van der Waals surface area contributed by atoms with Crippen molar-refractivity contribution in [1.82, 2.24) is 4.90 Å². The molecule has 1 radical (unpaired) electrons. The van der Waals surface area contributed by atoms with Crippen molar-refractivity contribution in [2.45, 2.75) is 26.7 Å². The predicted molar refractivity (Wildman–Crippen MR) is 47.2 cm³/mol. The monoisotopic (exact) mass is 358 g/mol. The van der Waals surface area contributed by atoms with Crippen LogP contribution in [0.25, 0.3) is 0 Å². The summed E-state index contributed by atoms with van der Waals surface area (Å²) in [6.45, 7) is 5.86. The zero-order chi connectivity index (χ0) is 9.14. The average Bonchev–Trinajstić information content (AvgIpc) is 2.04. The van der Waals surface area contributed by atoms with E-state index in [1.807, 2.05) is 0 Å². The molecule has 0 aromatic rings. The van der Waals surface area contributed by atoms with Gasteiger partial charge in [-0.05, 0) is 24.7 Å². The van der Waals surface area contributed by atoms with Gasteiger partial charge in [0, 0.05) is 33.5 Å². The van der Waals surface area contributed by atoms with Crippen LogP contribution < -0.4 is 0 Å². The summed E-state index contributed by atoms with van der Waals surface area (Å²) in [5, 5.41) is 8.69. The minimum atomic E-state index is -0.766. The third kappa shape index (κ3) is 3.66. The fourth-order valence-corrected chi connectivity index (χ4v) is 1.76. The Morgan fingerprint density at radius 3 is 2.15 bits per heavy atom. The maximum Gasteiger partial charge on any atom is 0.407 e. The van der Waals surface area contributed by atoms with E-state index in [0.29, 0.717) is 5.92 Å². The van der Waals surface area contributed by atoms with Crippen LogP contribution in [0.2, 0.25) is 0 Å². The molecule has 1 N–H and O–H groups in total. The average molecular weight is 357 g/mol. The zero-order valence-electron chi connectivity index (χ0n) is 8.16. The maximum absolute atomic E-state index is 10.6. The molecular formula is C9H17NO2Re. The largest absolute Gasteiger partial charge is 0.465 e. The Kier molecular flexibility index (Phi) is 5.59. The number of nitrogens with zero attached hydrogens (tertiary/aromatic N) is 1. The van der Waals surface area contributed by atoms with E-state index in [1.54, 1.807) is 0 Å². The van der Waals surface area contributed by atoms with Crippen LogP contribution in [-0.2, 0) is 20.4 Å². The zero-order valence-corrected chi connectivity index (χ0v) is 10.9. The predicted octanol–water partition coefficient (Wildman–Crippen LogP) is 2.03. The van der Waals surface area contributed by atoms with E-state index in [0.717, 1.165) is 31.8 Å². The van der Waals surface area contributed by atoms with Gasteiger partial charge in [-0.2, -0.15) is 0 Å². The molecule has 1 aliphatic heterocycles. The molecule has 0 aliphatic carbocycles. The first kappa shape index (κ1) is 12.9. The summed E-state index contributed by atoms with van der Waals surface area (Å²) in [4.78, 5) is 12.1. The van der Waals surface area contributed by atoms with Crippen LogP contribution in [0.5, 0.6) is 0 Å². The van der Waals surface area contributed by atoms with Crippen molar-refractivity contribution >= 4 is 6.09 Å². The molecule has 1 aliphatic rings. The second kappa shape index (κ2) is 5.62. The third-order valence-electron chi connectivity index (χ3n) is 2.75. The Bertz CT molecular complexity index is 165. The van der Waals surface area contributed by atoms with Gasteiger partial charge >= 0.3 is 6.09 Å². The number of carbonyl (C=O) groups is 1. The summed E-state index contributed by atoms with van der Waals surface area (Å²) >= 11 is 0. The third-order valence-corrected chi connectivity index (χ3v) is 2.75. The molecule has 0 aromatic heterocycles. The molecule has 0 saturated carbocycles. The number of carboxylic acid groups (broad SMARTS) is 1. The van der Waals surface area contributed by atoms with Crippen LogP contribution in [0.4, 0.5) is 4.79 Å². The van der Waals surface area contributed by atoms with E-state index in [4.69, 9.17) is 5.11 Å². The van der Waals surface area contributed by atoms with E-state index in [-0.39, 0.29) is 20.4 Å². The molecule has 4 heteroatoms. The van der Waals surface area contributed by atoms with Crippen molar-refractivity contribution in [3.63, 3.8) is 0 Å². The first-order valence-electron chi connectivity index (χ1n) is 4.59. The van der Waals surface area contributed by atoms with E-state index in [9.17, 15) is 4.79 Å². The molecule has 1 heterocycles. The summed E-state index contributed by atoms with van der Waals surface area (Å²) in [5.74, 6) is 1.42. The van der Waals surface area contributed by atoms with Crippen LogP contribution in [0.15, 0.2) is 0 Å². The van der Waals surface area contributed by atoms with Crippen molar-refractivity contribution in [2.24, 2.45) is 11.8 Å². The van der Waals surface area contributed by atoms with Crippen LogP contribution in [0.3, 0.4) is 0 Å². The molecule has 0 unspecified atom stereocenters. The Morgan fingerprint density at radius 2 is 1.85 bits per heavy atom. The molecule has 0 spiro atoms. The SMILES string of the molecule is CC(C)C1CCN(C(=O)O)CC1.[Re].